The average molecular weight is 308 g/mol. The quantitative estimate of drug-likeness (QED) is 0.613. The lowest BCUT2D eigenvalue weighted by Crippen LogP contribution is -3.12. The van der Waals surface area contributed by atoms with Gasteiger partial charge in [0.15, 0.2) is 11.5 Å². The Morgan fingerprint density at radius 2 is 1.86 bits per heavy atom. The maximum absolute atomic E-state index is 11.8. The van der Waals surface area contributed by atoms with Gasteiger partial charge in [-0.15, -0.1) is 0 Å². The third-order valence-electron chi connectivity index (χ3n) is 3.60. The number of hydrogen-bond donors (Lipinski definition) is 3. The number of likely N-dealkylation sites (N-methyl/N-ethyl adjacent to an activating group) is 1. The van der Waals surface area contributed by atoms with Gasteiger partial charge in [-0.25, -0.2) is 0 Å². The van der Waals surface area contributed by atoms with Crippen LogP contribution in [0.25, 0.3) is 0 Å². The number of carbonyl (C=O) groups is 2. The minimum Gasteiger partial charge on any atom is -0.454 e. The number of rotatable bonds is 6. The van der Waals surface area contributed by atoms with Crippen LogP contribution in [0, 0.1) is 0 Å². The standard InChI is InChI=1S/C15H21N3O4/c1-3-18(4-2)8-7-16-14(19)15(20)17-11-5-6-12-13(9-11)22-10-21-12/h5-6,9H,3-4,7-8,10H2,1-2H3,(H,16,19)(H,17,20)/p+1. The Hall–Kier alpha value is -2.28. The highest BCUT2D eigenvalue weighted by Gasteiger charge is 2.17. The number of amides is 2. The van der Waals surface area contributed by atoms with Crippen LogP contribution in [0.5, 0.6) is 11.5 Å². The van der Waals surface area contributed by atoms with Crippen molar-refractivity contribution < 1.29 is 24.0 Å². The van der Waals surface area contributed by atoms with Gasteiger partial charge in [0.2, 0.25) is 6.79 Å². The van der Waals surface area contributed by atoms with E-state index in [1.165, 1.54) is 4.90 Å². The molecule has 0 fully saturated rings. The Balaban J connectivity index is 1.80. The summed E-state index contributed by atoms with van der Waals surface area (Å²) in [6, 6.07) is 4.99. The van der Waals surface area contributed by atoms with Gasteiger partial charge in [0.05, 0.1) is 26.2 Å². The molecule has 1 aliphatic heterocycles. The second kappa shape index (κ2) is 7.65. The van der Waals surface area contributed by atoms with E-state index < -0.39 is 11.8 Å². The summed E-state index contributed by atoms with van der Waals surface area (Å²) in [5, 5.41) is 5.17. The van der Waals surface area contributed by atoms with E-state index in [2.05, 4.69) is 24.5 Å². The van der Waals surface area contributed by atoms with E-state index in [-0.39, 0.29) is 6.79 Å². The van der Waals surface area contributed by atoms with Crippen molar-refractivity contribution >= 4 is 17.5 Å². The number of fused-ring (bicyclic) bond motifs is 1. The first-order chi connectivity index (χ1) is 10.6. The third kappa shape index (κ3) is 4.11. The molecule has 0 unspecified atom stereocenters. The molecule has 120 valence electrons. The molecule has 0 aliphatic carbocycles. The molecule has 2 amide bonds. The van der Waals surface area contributed by atoms with Gasteiger partial charge >= 0.3 is 11.8 Å². The molecule has 0 aromatic heterocycles. The Labute approximate surface area is 129 Å². The lowest BCUT2D eigenvalue weighted by molar-refractivity contribution is -0.895. The van der Waals surface area contributed by atoms with Crippen molar-refractivity contribution in [1.29, 1.82) is 0 Å². The third-order valence-corrected chi connectivity index (χ3v) is 3.60. The van der Waals surface area contributed by atoms with Crippen LogP contribution in [0.15, 0.2) is 18.2 Å². The fourth-order valence-electron chi connectivity index (χ4n) is 2.20. The fraction of sp³-hybridized carbons (Fsp3) is 0.467. The van der Waals surface area contributed by atoms with E-state index in [4.69, 9.17) is 9.47 Å². The summed E-state index contributed by atoms with van der Waals surface area (Å²) < 4.78 is 10.4. The van der Waals surface area contributed by atoms with Crippen LogP contribution in [0.3, 0.4) is 0 Å². The monoisotopic (exact) mass is 308 g/mol. The van der Waals surface area contributed by atoms with Gasteiger partial charge in [0.25, 0.3) is 0 Å². The van der Waals surface area contributed by atoms with Crippen molar-refractivity contribution in [1.82, 2.24) is 5.32 Å². The summed E-state index contributed by atoms with van der Waals surface area (Å²) in [5.74, 6) is -0.134. The van der Waals surface area contributed by atoms with Crippen molar-refractivity contribution in [2.45, 2.75) is 13.8 Å². The van der Waals surface area contributed by atoms with Crippen molar-refractivity contribution in [3.63, 3.8) is 0 Å². The number of ether oxygens (including phenoxy) is 2. The number of carbonyl (C=O) groups excluding carboxylic acids is 2. The molecular weight excluding hydrogens is 286 g/mol. The lowest BCUT2D eigenvalue weighted by Gasteiger charge is -2.15. The minimum absolute atomic E-state index is 0.168. The lowest BCUT2D eigenvalue weighted by atomic mass is 10.2. The number of benzene rings is 1. The zero-order valence-corrected chi connectivity index (χ0v) is 12.9. The molecule has 1 heterocycles. The highest BCUT2D eigenvalue weighted by Crippen LogP contribution is 2.34. The van der Waals surface area contributed by atoms with Gasteiger partial charge < -0.3 is 25.0 Å². The largest absolute Gasteiger partial charge is 0.454 e. The van der Waals surface area contributed by atoms with Crippen LogP contribution in [0.4, 0.5) is 5.69 Å². The molecule has 3 N–H and O–H groups in total. The highest BCUT2D eigenvalue weighted by molar-refractivity contribution is 6.39. The summed E-state index contributed by atoms with van der Waals surface area (Å²) in [7, 11) is 0. The van der Waals surface area contributed by atoms with E-state index in [0.29, 0.717) is 23.7 Å². The van der Waals surface area contributed by atoms with Gasteiger partial charge in [-0.2, -0.15) is 0 Å². The average Bonchev–Trinajstić information content (AvgIpc) is 2.99. The Bertz CT molecular complexity index is 544. The number of quaternary nitrogens is 1. The van der Waals surface area contributed by atoms with Crippen molar-refractivity contribution in [3.8, 4) is 11.5 Å². The molecule has 0 atom stereocenters. The molecule has 2 rings (SSSR count). The number of hydrogen-bond acceptors (Lipinski definition) is 4. The minimum atomic E-state index is -0.687. The summed E-state index contributed by atoms with van der Waals surface area (Å²) in [4.78, 5) is 24.9. The Morgan fingerprint density at radius 1 is 1.14 bits per heavy atom. The fourth-order valence-corrected chi connectivity index (χ4v) is 2.20. The molecule has 7 heteroatoms. The van der Waals surface area contributed by atoms with Crippen molar-refractivity contribution in [2.75, 3.05) is 38.3 Å². The molecule has 0 saturated carbocycles. The molecule has 1 aromatic carbocycles. The molecule has 0 bridgehead atoms. The maximum Gasteiger partial charge on any atom is 0.313 e. The van der Waals surface area contributed by atoms with Crippen LogP contribution >= 0.6 is 0 Å². The van der Waals surface area contributed by atoms with Crippen LogP contribution in [0.2, 0.25) is 0 Å². The van der Waals surface area contributed by atoms with Crippen LogP contribution in [0.1, 0.15) is 13.8 Å². The number of anilines is 1. The highest BCUT2D eigenvalue weighted by atomic mass is 16.7. The van der Waals surface area contributed by atoms with E-state index >= 15 is 0 Å². The molecule has 0 radical (unpaired) electrons. The first kappa shape index (κ1) is 16.1. The summed E-state index contributed by atoms with van der Waals surface area (Å²) >= 11 is 0. The van der Waals surface area contributed by atoms with E-state index in [9.17, 15) is 9.59 Å². The first-order valence-electron chi connectivity index (χ1n) is 7.46. The number of nitrogens with one attached hydrogen (secondary N) is 3. The zero-order valence-electron chi connectivity index (χ0n) is 12.9. The predicted molar refractivity (Wildman–Crippen MR) is 81.1 cm³/mol. The van der Waals surface area contributed by atoms with E-state index in [0.717, 1.165) is 19.6 Å². The first-order valence-corrected chi connectivity index (χ1v) is 7.46. The van der Waals surface area contributed by atoms with Crippen LogP contribution in [-0.4, -0.2) is 44.8 Å². The second-order valence-corrected chi connectivity index (χ2v) is 4.99. The van der Waals surface area contributed by atoms with Gasteiger partial charge in [-0.05, 0) is 26.0 Å². The normalized spacial score (nSPS) is 12.3. The molecular formula is C15H22N3O4+. The van der Waals surface area contributed by atoms with Crippen LogP contribution in [-0.2, 0) is 9.59 Å². The smallest absolute Gasteiger partial charge is 0.313 e. The van der Waals surface area contributed by atoms with E-state index in [1.54, 1.807) is 18.2 Å². The molecule has 22 heavy (non-hydrogen) atoms. The molecule has 7 nitrogen and oxygen atoms in total. The van der Waals surface area contributed by atoms with Gasteiger partial charge in [0, 0.05) is 11.8 Å². The predicted octanol–water partition coefficient (Wildman–Crippen LogP) is -0.605. The maximum atomic E-state index is 11.8. The van der Waals surface area contributed by atoms with E-state index in [1.807, 2.05) is 0 Å². The molecule has 0 saturated heterocycles. The Kier molecular flexibility index (Phi) is 5.60. The van der Waals surface area contributed by atoms with Crippen molar-refractivity contribution in [2.24, 2.45) is 0 Å². The summed E-state index contributed by atoms with van der Waals surface area (Å²) in [6.45, 7) is 7.62. The SMILES string of the molecule is CC[NH+](CC)CCNC(=O)C(=O)Nc1ccc2c(c1)OCO2. The van der Waals surface area contributed by atoms with Gasteiger partial charge in [-0.3, -0.25) is 9.59 Å². The van der Waals surface area contributed by atoms with Gasteiger partial charge in [0.1, 0.15) is 0 Å². The van der Waals surface area contributed by atoms with Gasteiger partial charge in [-0.1, -0.05) is 0 Å². The Morgan fingerprint density at radius 3 is 2.59 bits per heavy atom. The second-order valence-electron chi connectivity index (χ2n) is 4.99. The summed E-state index contributed by atoms with van der Waals surface area (Å²) in [5.41, 5.74) is 0.499. The molecule has 1 aromatic rings. The zero-order chi connectivity index (χ0) is 15.9. The van der Waals surface area contributed by atoms with Crippen molar-refractivity contribution in [3.05, 3.63) is 18.2 Å². The van der Waals surface area contributed by atoms with Crippen LogP contribution < -0.4 is 25.0 Å². The topological polar surface area (TPSA) is 81.1 Å². The summed E-state index contributed by atoms with van der Waals surface area (Å²) in [6.07, 6.45) is 0. The molecule has 1 aliphatic rings. The molecule has 0 spiro atoms.